The summed E-state index contributed by atoms with van der Waals surface area (Å²) in [6.07, 6.45) is 0.922. The van der Waals surface area contributed by atoms with Gasteiger partial charge in [-0.1, -0.05) is 37.3 Å². The van der Waals surface area contributed by atoms with E-state index in [1.54, 1.807) is 7.11 Å². The highest BCUT2D eigenvalue weighted by Gasteiger charge is 2.34. The van der Waals surface area contributed by atoms with Crippen LogP contribution in [0.5, 0.6) is 0 Å². The zero-order chi connectivity index (χ0) is 11.9. The quantitative estimate of drug-likeness (QED) is 0.666. The third kappa shape index (κ3) is 3.04. The molecule has 0 saturated carbocycles. The minimum absolute atomic E-state index is 0.534. The summed E-state index contributed by atoms with van der Waals surface area (Å²) in [7, 11) is 1.60. The van der Waals surface area contributed by atoms with E-state index < -0.39 is 5.97 Å². The predicted molar refractivity (Wildman–Crippen MR) is 63.0 cm³/mol. The second kappa shape index (κ2) is 6.63. The maximum atomic E-state index is 5.71. The molecule has 1 unspecified atom stereocenters. The summed E-state index contributed by atoms with van der Waals surface area (Å²) < 4.78 is 16.8. The lowest BCUT2D eigenvalue weighted by molar-refractivity contribution is -0.382. The lowest BCUT2D eigenvalue weighted by Crippen LogP contribution is -2.35. The largest absolute Gasteiger partial charge is 0.327 e. The normalized spacial score (nSPS) is 14.7. The van der Waals surface area contributed by atoms with Gasteiger partial charge in [0, 0.05) is 19.3 Å². The zero-order valence-electron chi connectivity index (χ0n) is 10.2. The van der Waals surface area contributed by atoms with Crippen molar-refractivity contribution in [3.63, 3.8) is 0 Å². The van der Waals surface area contributed by atoms with E-state index in [0.717, 1.165) is 12.0 Å². The molecule has 90 valence electrons. The van der Waals surface area contributed by atoms with Crippen molar-refractivity contribution >= 4 is 0 Å². The molecule has 3 heteroatoms. The van der Waals surface area contributed by atoms with Crippen molar-refractivity contribution in [3.05, 3.63) is 35.9 Å². The van der Waals surface area contributed by atoms with Crippen molar-refractivity contribution in [3.8, 4) is 0 Å². The summed E-state index contributed by atoms with van der Waals surface area (Å²) in [5.74, 6) is -1.06. The standard InChI is InChI=1S/C13H20O3/c1-4-11-16-13(14-3,15-5-2)12-9-7-6-8-10-12/h6-10H,4-5,11H2,1-3H3. The second-order valence-corrected chi connectivity index (χ2v) is 3.41. The van der Waals surface area contributed by atoms with Gasteiger partial charge in [-0.15, -0.1) is 0 Å². The first-order chi connectivity index (χ1) is 7.79. The van der Waals surface area contributed by atoms with Crippen LogP contribution in [-0.4, -0.2) is 20.3 Å². The minimum atomic E-state index is -1.06. The van der Waals surface area contributed by atoms with Crippen LogP contribution in [0.4, 0.5) is 0 Å². The van der Waals surface area contributed by atoms with Crippen LogP contribution in [0, 0.1) is 0 Å². The molecule has 0 aromatic heterocycles. The molecule has 0 spiro atoms. The Balaban J connectivity index is 2.92. The molecular formula is C13H20O3. The van der Waals surface area contributed by atoms with Crippen molar-refractivity contribution in [1.29, 1.82) is 0 Å². The minimum Gasteiger partial charge on any atom is -0.327 e. The molecule has 3 nitrogen and oxygen atoms in total. The van der Waals surface area contributed by atoms with E-state index in [1.807, 2.05) is 37.3 Å². The maximum Gasteiger partial charge on any atom is 0.311 e. The summed E-state index contributed by atoms with van der Waals surface area (Å²) in [5, 5.41) is 0. The van der Waals surface area contributed by atoms with E-state index >= 15 is 0 Å². The van der Waals surface area contributed by atoms with Gasteiger partial charge < -0.3 is 14.2 Å². The first-order valence-electron chi connectivity index (χ1n) is 5.67. The Kier molecular flexibility index (Phi) is 5.46. The van der Waals surface area contributed by atoms with Crippen molar-refractivity contribution in [2.45, 2.75) is 26.2 Å². The zero-order valence-corrected chi connectivity index (χ0v) is 10.2. The van der Waals surface area contributed by atoms with Gasteiger partial charge in [-0.2, -0.15) is 0 Å². The van der Waals surface area contributed by atoms with Crippen molar-refractivity contribution in [1.82, 2.24) is 0 Å². The third-order valence-corrected chi connectivity index (χ3v) is 2.23. The molecule has 0 amide bonds. The van der Waals surface area contributed by atoms with E-state index in [4.69, 9.17) is 14.2 Å². The van der Waals surface area contributed by atoms with Crippen LogP contribution >= 0.6 is 0 Å². The average Bonchev–Trinajstić information content (AvgIpc) is 2.36. The van der Waals surface area contributed by atoms with Crippen molar-refractivity contribution in [2.75, 3.05) is 20.3 Å². The van der Waals surface area contributed by atoms with E-state index in [9.17, 15) is 0 Å². The van der Waals surface area contributed by atoms with Crippen LogP contribution in [0.3, 0.4) is 0 Å². The number of ether oxygens (including phenoxy) is 3. The van der Waals surface area contributed by atoms with Crippen LogP contribution < -0.4 is 0 Å². The van der Waals surface area contributed by atoms with E-state index in [0.29, 0.717) is 13.2 Å². The molecule has 0 aliphatic carbocycles. The lowest BCUT2D eigenvalue weighted by Gasteiger charge is -2.31. The maximum absolute atomic E-state index is 5.71. The van der Waals surface area contributed by atoms with E-state index in [1.165, 1.54) is 0 Å². The molecule has 0 N–H and O–H groups in total. The van der Waals surface area contributed by atoms with Crippen LogP contribution in [0.1, 0.15) is 25.8 Å². The topological polar surface area (TPSA) is 27.7 Å². The average molecular weight is 224 g/mol. The number of benzene rings is 1. The molecule has 1 aromatic rings. The van der Waals surface area contributed by atoms with Gasteiger partial charge in [0.2, 0.25) is 0 Å². The first-order valence-corrected chi connectivity index (χ1v) is 5.67. The van der Waals surface area contributed by atoms with E-state index in [-0.39, 0.29) is 0 Å². The Labute approximate surface area is 97.3 Å². The number of methoxy groups -OCH3 is 1. The fraction of sp³-hybridized carbons (Fsp3) is 0.538. The summed E-state index contributed by atoms with van der Waals surface area (Å²) in [4.78, 5) is 0. The number of rotatable bonds is 7. The van der Waals surface area contributed by atoms with Gasteiger partial charge in [-0.25, -0.2) is 0 Å². The molecule has 0 heterocycles. The smallest absolute Gasteiger partial charge is 0.311 e. The lowest BCUT2D eigenvalue weighted by atomic mass is 10.2. The van der Waals surface area contributed by atoms with E-state index in [2.05, 4.69) is 6.92 Å². The Morgan fingerprint density at radius 1 is 1.06 bits per heavy atom. The van der Waals surface area contributed by atoms with Crippen LogP contribution in [-0.2, 0) is 20.2 Å². The molecule has 1 aromatic carbocycles. The second-order valence-electron chi connectivity index (χ2n) is 3.41. The summed E-state index contributed by atoms with van der Waals surface area (Å²) in [6.45, 7) is 5.11. The van der Waals surface area contributed by atoms with Gasteiger partial charge >= 0.3 is 5.97 Å². The fourth-order valence-electron chi connectivity index (χ4n) is 1.51. The van der Waals surface area contributed by atoms with Gasteiger partial charge in [-0.3, -0.25) is 0 Å². The van der Waals surface area contributed by atoms with Gasteiger partial charge in [0.25, 0.3) is 0 Å². The highest BCUT2D eigenvalue weighted by molar-refractivity contribution is 5.18. The molecule has 0 aliphatic heterocycles. The van der Waals surface area contributed by atoms with Gasteiger partial charge in [-0.05, 0) is 13.3 Å². The van der Waals surface area contributed by atoms with Crippen LogP contribution in [0.15, 0.2) is 30.3 Å². The molecule has 0 saturated heterocycles. The summed E-state index contributed by atoms with van der Waals surface area (Å²) in [6, 6.07) is 9.72. The molecule has 1 atom stereocenters. The Bertz CT molecular complexity index is 286. The Morgan fingerprint density at radius 2 is 1.75 bits per heavy atom. The molecular weight excluding hydrogens is 204 g/mol. The molecule has 0 bridgehead atoms. The van der Waals surface area contributed by atoms with Crippen LogP contribution in [0.2, 0.25) is 0 Å². The van der Waals surface area contributed by atoms with Crippen LogP contribution in [0.25, 0.3) is 0 Å². The number of hydrogen-bond acceptors (Lipinski definition) is 3. The fourth-order valence-corrected chi connectivity index (χ4v) is 1.51. The molecule has 16 heavy (non-hydrogen) atoms. The Hall–Kier alpha value is -0.900. The van der Waals surface area contributed by atoms with Gasteiger partial charge in [0.15, 0.2) is 0 Å². The highest BCUT2D eigenvalue weighted by atomic mass is 16.9. The third-order valence-electron chi connectivity index (χ3n) is 2.23. The monoisotopic (exact) mass is 224 g/mol. The molecule has 1 rings (SSSR count). The predicted octanol–water partition coefficient (Wildman–Crippen LogP) is 2.91. The highest BCUT2D eigenvalue weighted by Crippen LogP contribution is 2.28. The first kappa shape index (κ1) is 13.2. The van der Waals surface area contributed by atoms with Crippen molar-refractivity contribution < 1.29 is 14.2 Å². The van der Waals surface area contributed by atoms with Crippen molar-refractivity contribution in [2.24, 2.45) is 0 Å². The van der Waals surface area contributed by atoms with Gasteiger partial charge in [0.05, 0.1) is 6.61 Å². The molecule has 0 fully saturated rings. The number of hydrogen-bond donors (Lipinski definition) is 0. The SMILES string of the molecule is CCCOC(OC)(OCC)c1ccccc1. The Morgan fingerprint density at radius 3 is 2.25 bits per heavy atom. The summed E-state index contributed by atoms with van der Waals surface area (Å²) >= 11 is 0. The van der Waals surface area contributed by atoms with Gasteiger partial charge in [0.1, 0.15) is 0 Å². The summed E-state index contributed by atoms with van der Waals surface area (Å²) in [5.41, 5.74) is 0.882. The molecule has 0 radical (unpaired) electrons. The molecule has 0 aliphatic rings.